The zero-order valence-corrected chi connectivity index (χ0v) is 16.8. The average molecular weight is 402 g/mol. The summed E-state index contributed by atoms with van der Waals surface area (Å²) in [6, 6.07) is 10.4. The van der Waals surface area contributed by atoms with Crippen molar-refractivity contribution in [2.75, 3.05) is 19.6 Å². The topological polar surface area (TPSA) is 45.2 Å². The molecule has 1 aliphatic heterocycles. The molecule has 138 valence electrons. The molecular weight excluding hydrogens is 377 g/mol. The number of nitrogens with zero attached hydrogens (tertiary/aromatic N) is 2. The minimum atomic E-state index is 0. The molecule has 2 aromatic rings. The van der Waals surface area contributed by atoms with Crippen molar-refractivity contribution in [2.45, 2.75) is 32.2 Å². The summed E-state index contributed by atoms with van der Waals surface area (Å²) in [5, 5.41) is 6.17. The molecule has 0 atom stereocenters. The molecule has 1 fully saturated rings. The molecular formula is C18H25Cl2N3OS. The van der Waals surface area contributed by atoms with Crippen LogP contribution in [0.2, 0.25) is 0 Å². The molecule has 25 heavy (non-hydrogen) atoms. The van der Waals surface area contributed by atoms with E-state index in [1.807, 2.05) is 40.6 Å². The van der Waals surface area contributed by atoms with Crippen LogP contribution in [0.3, 0.4) is 0 Å². The summed E-state index contributed by atoms with van der Waals surface area (Å²) in [5.41, 5.74) is 1.65. The molecule has 1 saturated heterocycles. The van der Waals surface area contributed by atoms with Crippen LogP contribution in [0.1, 0.15) is 36.7 Å². The van der Waals surface area contributed by atoms with Crippen LogP contribution in [0.5, 0.6) is 0 Å². The molecule has 0 saturated carbocycles. The lowest BCUT2D eigenvalue weighted by atomic mass is 10.0. The Hall–Kier alpha value is -1.14. The first-order valence-electron chi connectivity index (χ1n) is 8.32. The van der Waals surface area contributed by atoms with E-state index in [0.29, 0.717) is 11.7 Å². The minimum absolute atomic E-state index is 0. The van der Waals surface area contributed by atoms with E-state index >= 15 is 0 Å². The molecule has 7 heteroatoms. The first-order chi connectivity index (χ1) is 11.3. The van der Waals surface area contributed by atoms with E-state index in [4.69, 9.17) is 0 Å². The zero-order valence-electron chi connectivity index (χ0n) is 14.3. The van der Waals surface area contributed by atoms with Gasteiger partial charge in [0.05, 0.1) is 0 Å². The van der Waals surface area contributed by atoms with Crippen LogP contribution < -0.4 is 5.32 Å². The number of piperidine rings is 1. The highest BCUT2D eigenvalue weighted by atomic mass is 35.5. The molecule has 3 rings (SSSR count). The highest BCUT2D eigenvalue weighted by Crippen LogP contribution is 2.25. The van der Waals surface area contributed by atoms with Gasteiger partial charge in [0.2, 0.25) is 0 Å². The van der Waals surface area contributed by atoms with E-state index in [2.05, 4.69) is 17.2 Å². The molecule has 2 heterocycles. The number of carbonyl (C=O) groups is 1. The van der Waals surface area contributed by atoms with Gasteiger partial charge in [-0.3, -0.25) is 4.79 Å². The molecule has 1 aliphatic rings. The van der Waals surface area contributed by atoms with Crippen LogP contribution in [0.25, 0.3) is 10.6 Å². The zero-order chi connectivity index (χ0) is 16.1. The Morgan fingerprint density at radius 2 is 1.92 bits per heavy atom. The van der Waals surface area contributed by atoms with Crippen molar-refractivity contribution in [2.24, 2.45) is 0 Å². The Labute approximate surface area is 165 Å². The fourth-order valence-electron chi connectivity index (χ4n) is 3.04. The maximum Gasteiger partial charge on any atom is 0.273 e. The number of halogens is 2. The second-order valence-corrected chi connectivity index (χ2v) is 6.74. The minimum Gasteiger partial charge on any atom is -0.334 e. The summed E-state index contributed by atoms with van der Waals surface area (Å²) in [7, 11) is 0. The van der Waals surface area contributed by atoms with Crippen molar-refractivity contribution in [3.63, 3.8) is 0 Å². The van der Waals surface area contributed by atoms with Crippen molar-refractivity contribution in [3.8, 4) is 10.6 Å². The van der Waals surface area contributed by atoms with Gasteiger partial charge in [-0.2, -0.15) is 0 Å². The highest BCUT2D eigenvalue weighted by molar-refractivity contribution is 7.13. The van der Waals surface area contributed by atoms with Crippen LogP contribution in [-0.2, 0) is 0 Å². The average Bonchev–Trinajstić information content (AvgIpc) is 3.11. The van der Waals surface area contributed by atoms with E-state index in [1.165, 1.54) is 0 Å². The Morgan fingerprint density at radius 1 is 1.24 bits per heavy atom. The number of thiazole rings is 1. The number of hydrogen-bond acceptors (Lipinski definition) is 4. The first kappa shape index (κ1) is 21.9. The Morgan fingerprint density at radius 3 is 2.56 bits per heavy atom. The third kappa shape index (κ3) is 5.42. The number of benzene rings is 1. The smallest absolute Gasteiger partial charge is 0.273 e. The van der Waals surface area contributed by atoms with Gasteiger partial charge in [-0.25, -0.2) is 4.98 Å². The van der Waals surface area contributed by atoms with E-state index in [0.717, 1.165) is 49.5 Å². The van der Waals surface area contributed by atoms with Gasteiger partial charge in [0.25, 0.3) is 5.91 Å². The lowest BCUT2D eigenvalue weighted by Gasteiger charge is -2.34. The Kier molecular flexibility index (Phi) is 9.43. The second-order valence-electron chi connectivity index (χ2n) is 5.88. The summed E-state index contributed by atoms with van der Waals surface area (Å²) in [5.74, 6) is 0.0807. The number of carbonyl (C=O) groups excluding carboxylic acids is 1. The van der Waals surface area contributed by atoms with Gasteiger partial charge < -0.3 is 10.2 Å². The quantitative estimate of drug-likeness (QED) is 0.813. The summed E-state index contributed by atoms with van der Waals surface area (Å²) in [6.07, 6.45) is 3.04. The normalized spacial score (nSPS) is 14.3. The van der Waals surface area contributed by atoms with Crippen LogP contribution >= 0.6 is 36.2 Å². The number of rotatable bonds is 5. The lowest BCUT2D eigenvalue weighted by Crippen LogP contribution is -2.46. The van der Waals surface area contributed by atoms with Crippen molar-refractivity contribution in [3.05, 3.63) is 41.4 Å². The second kappa shape index (κ2) is 10.8. The summed E-state index contributed by atoms with van der Waals surface area (Å²) < 4.78 is 0. The van der Waals surface area contributed by atoms with E-state index in [1.54, 1.807) is 11.3 Å². The van der Waals surface area contributed by atoms with Gasteiger partial charge >= 0.3 is 0 Å². The SMILES string of the molecule is CCCN(C(=O)c1csc(-c2ccccc2)n1)C1CCNCC1.Cl.Cl. The third-order valence-electron chi connectivity index (χ3n) is 4.22. The van der Waals surface area contributed by atoms with Crippen molar-refractivity contribution < 1.29 is 4.79 Å². The van der Waals surface area contributed by atoms with E-state index in [-0.39, 0.29) is 30.7 Å². The molecule has 0 aliphatic carbocycles. The Balaban J connectivity index is 0.00000156. The lowest BCUT2D eigenvalue weighted by molar-refractivity contribution is 0.0637. The predicted octanol–water partition coefficient (Wildman–Crippen LogP) is 4.26. The maximum atomic E-state index is 12.9. The molecule has 4 nitrogen and oxygen atoms in total. The fourth-order valence-corrected chi connectivity index (χ4v) is 3.84. The number of nitrogens with one attached hydrogen (secondary N) is 1. The molecule has 0 bridgehead atoms. The summed E-state index contributed by atoms with van der Waals surface area (Å²) in [6.45, 7) is 4.91. The molecule has 1 aromatic carbocycles. The molecule has 0 radical (unpaired) electrons. The van der Waals surface area contributed by atoms with Gasteiger partial charge in [-0.05, 0) is 32.4 Å². The van der Waals surface area contributed by atoms with Gasteiger partial charge in [-0.1, -0.05) is 37.3 Å². The third-order valence-corrected chi connectivity index (χ3v) is 5.11. The monoisotopic (exact) mass is 401 g/mol. The number of aromatic nitrogens is 1. The number of hydrogen-bond donors (Lipinski definition) is 1. The molecule has 1 N–H and O–H groups in total. The molecule has 0 unspecified atom stereocenters. The van der Waals surface area contributed by atoms with Crippen LogP contribution in [-0.4, -0.2) is 41.5 Å². The van der Waals surface area contributed by atoms with Gasteiger partial charge in [0.1, 0.15) is 10.7 Å². The largest absolute Gasteiger partial charge is 0.334 e. The van der Waals surface area contributed by atoms with Crippen LogP contribution in [0, 0.1) is 0 Å². The predicted molar refractivity (Wildman–Crippen MR) is 109 cm³/mol. The number of amides is 1. The van der Waals surface area contributed by atoms with E-state index in [9.17, 15) is 4.79 Å². The summed E-state index contributed by atoms with van der Waals surface area (Å²) in [4.78, 5) is 19.6. The van der Waals surface area contributed by atoms with Gasteiger partial charge in [0.15, 0.2) is 0 Å². The van der Waals surface area contributed by atoms with Crippen LogP contribution in [0.4, 0.5) is 0 Å². The molecule has 1 aromatic heterocycles. The Bertz CT molecular complexity index is 645. The van der Waals surface area contributed by atoms with E-state index < -0.39 is 0 Å². The highest BCUT2D eigenvalue weighted by Gasteiger charge is 2.27. The van der Waals surface area contributed by atoms with Crippen LogP contribution in [0.15, 0.2) is 35.7 Å². The fraction of sp³-hybridized carbons (Fsp3) is 0.444. The first-order valence-corrected chi connectivity index (χ1v) is 9.20. The van der Waals surface area contributed by atoms with Gasteiger partial charge in [0, 0.05) is 23.5 Å². The maximum absolute atomic E-state index is 12.9. The molecule has 0 spiro atoms. The standard InChI is InChI=1S/C18H23N3OS.2ClH/c1-2-12-21(15-8-10-19-11-9-15)18(22)16-13-23-17(20-16)14-6-4-3-5-7-14;;/h3-7,13,15,19H,2,8-12H2,1H3;2*1H. The van der Waals surface area contributed by atoms with Crippen molar-refractivity contribution in [1.82, 2.24) is 15.2 Å². The van der Waals surface area contributed by atoms with Crippen molar-refractivity contribution in [1.29, 1.82) is 0 Å². The molecule has 1 amide bonds. The van der Waals surface area contributed by atoms with Crippen molar-refractivity contribution >= 4 is 42.1 Å². The van der Waals surface area contributed by atoms with Gasteiger partial charge in [-0.15, -0.1) is 36.2 Å². The summed E-state index contributed by atoms with van der Waals surface area (Å²) >= 11 is 1.54.